The number of nitriles is 1. The molecule has 1 aromatic rings. The highest BCUT2D eigenvalue weighted by Crippen LogP contribution is 2.13. The van der Waals surface area contributed by atoms with Crippen LogP contribution in [0.25, 0.3) is 6.08 Å². The molecule has 0 unspecified atom stereocenters. The molecule has 0 aromatic heterocycles. The monoisotopic (exact) mass is 306 g/mol. The second-order valence-electron chi connectivity index (χ2n) is 4.27. The van der Waals surface area contributed by atoms with E-state index in [0.29, 0.717) is 10.6 Å². The van der Waals surface area contributed by atoms with Crippen LogP contribution in [-0.2, 0) is 14.3 Å². The molecular formula is C15H15ClN2O3. The Labute approximate surface area is 128 Å². The van der Waals surface area contributed by atoms with Gasteiger partial charge in [0.15, 0.2) is 0 Å². The number of hydrogen-bond acceptors (Lipinski definition) is 4. The molecule has 0 heterocycles. The zero-order valence-corrected chi connectivity index (χ0v) is 12.6. The van der Waals surface area contributed by atoms with Gasteiger partial charge in [0.2, 0.25) is 0 Å². The standard InChI is InChI=1S/C15H15ClN2O3/c1-11(9-12-3-5-13(16)6-4-12)15(20)18(8-7-17)10-14(19)21-2/h3-6,9H,8,10H2,1-2H3. The van der Waals surface area contributed by atoms with Crippen LogP contribution >= 0.6 is 11.6 Å². The van der Waals surface area contributed by atoms with E-state index in [1.165, 1.54) is 7.11 Å². The molecule has 5 nitrogen and oxygen atoms in total. The second-order valence-corrected chi connectivity index (χ2v) is 4.71. The van der Waals surface area contributed by atoms with Gasteiger partial charge in [-0.1, -0.05) is 23.7 Å². The van der Waals surface area contributed by atoms with E-state index in [1.54, 1.807) is 37.3 Å². The molecule has 0 bridgehead atoms. The Balaban J connectivity index is 2.89. The largest absolute Gasteiger partial charge is 0.468 e. The lowest BCUT2D eigenvalue weighted by atomic mass is 10.1. The van der Waals surface area contributed by atoms with Gasteiger partial charge in [0.25, 0.3) is 5.91 Å². The highest BCUT2D eigenvalue weighted by Gasteiger charge is 2.18. The van der Waals surface area contributed by atoms with Crippen molar-refractivity contribution in [2.75, 3.05) is 20.2 Å². The Bertz CT molecular complexity index is 588. The van der Waals surface area contributed by atoms with Gasteiger partial charge in [0, 0.05) is 10.6 Å². The summed E-state index contributed by atoms with van der Waals surface area (Å²) in [5.41, 5.74) is 1.22. The van der Waals surface area contributed by atoms with Crippen LogP contribution in [0.4, 0.5) is 0 Å². The minimum atomic E-state index is -0.571. The molecule has 0 aliphatic carbocycles. The number of hydrogen-bond donors (Lipinski definition) is 0. The van der Waals surface area contributed by atoms with Crippen molar-refractivity contribution in [1.82, 2.24) is 4.90 Å². The fourth-order valence-electron chi connectivity index (χ4n) is 1.63. The zero-order valence-electron chi connectivity index (χ0n) is 11.8. The Morgan fingerprint density at radius 3 is 2.52 bits per heavy atom. The van der Waals surface area contributed by atoms with Crippen molar-refractivity contribution in [1.29, 1.82) is 5.26 Å². The number of nitrogens with zero attached hydrogens (tertiary/aromatic N) is 2. The minimum absolute atomic E-state index is 0.181. The molecule has 0 aliphatic rings. The first-order chi connectivity index (χ1) is 9.97. The third-order valence-corrected chi connectivity index (χ3v) is 2.94. The van der Waals surface area contributed by atoms with E-state index in [-0.39, 0.29) is 13.1 Å². The average Bonchev–Trinajstić information content (AvgIpc) is 2.48. The van der Waals surface area contributed by atoms with Crippen LogP contribution in [0, 0.1) is 11.3 Å². The van der Waals surface area contributed by atoms with Crippen LogP contribution in [0.1, 0.15) is 12.5 Å². The molecule has 0 atom stereocenters. The van der Waals surface area contributed by atoms with Gasteiger partial charge in [-0.15, -0.1) is 0 Å². The molecule has 0 aliphatic heterocycles. The summed E-state index contributed by atoms with van der Waals surface area (Å²) in [7, 11) is 1.23. The van der Waals surface area contributed by atoms with Crippen molar-refractivity contribution in [3.8, 4) is 6.07 Å². The highest BCUT2D eigenvalue weighted by molar-refractivity contribution is 6.30. The molecule has 0 spiro atoms. The van der Waals surface area contributed by atoms with Gasteiger partial charge in [-0.05, 0) is 30.7 Å². The number of amides is 1. The highest BCUT2D eigenvalue weighted by atomic mass is 35.5. The quantitative estimate of drug-likeness (QED) is 0.475. The van der Waals surface area contributed by atoms with Crippen molar-refractivity contribution >= 4 is 29.6 Å². The topological polar surface area (TPSA) is 70.4 Å². The van der Waals surface area contributed by atoms with Gasteiger partial charge >= 0.3 is 5.97 Å². The van der Waals surface area contributed by atoms with Crippen LogP contribution in [0.3, 0.4) is 0 Å². The van der Waals surface area contributed by atoms with E-state index in [9.17, 15) is 9.59 Å². The van der Waals surface area contributed by atoms with Crippen LogP contribution in [0.2, 0.25) is 5.02 Å². The van der Waals surface area contributed by atoms with Crippen molar-refractivity contribution in [3.05, 3.63) is 40.4 Å². The summed E-state index contributed by atoms with van der Waals surface area (Å²) < 4.78 is 4.51. The number of esters is 1. The molecule has 1 amide bonds. The fraction of sp³-hybridized carbons (Fsp3) is 0.267. The van der Waals surface area contributed by atoms with Crippen LogP contribution < -0.4 is 0 Å². The molecule has 1 rings (SSSR count). The third-order valence-electron chi connectivity index (χ3n) is 2.69. The third kappa shape index (κ3) is 5.28. The van der Waals surface area contributed by atoms with E-state index >= 15 is 0 Å². The molecule has 21 heavy (non-hydrogen) atoms. The average molecular weight is 307 g/mol. The molecule has 0 saturated heterocycles. The van der Waals surface area contributed by atoms with E-state index in [0.717, 1.165) is 10.5 Å². The summed E-state index contributed by atoms with van der Waals surface area (Å²) in [5.74, 6) is -0.963. The predicted octanol–water partition coefficient (Wildman–Crippen LogP) is 2.27. The lowest BCUT2D eigenvalue weighted by Crippen LogP contribution is -2.36. The van der Waals surface area contributed by atoms with Gasteiger partial charge < -0.3 is 9.64 Å². The number of halogens is 1. The van der Waals surface area contributed by atoms with Crippen LogP contribution in [0.5, 0.6) is 0 Å². The first kappa shape index (κ1) is 16.7. The molecule has 1 aromatic carbocycles. The maximum Gasteiger partial charge on any atom is 0.325 e. The lowest BCUT2D eigenvalue weighted by molar-refractivity contribution is -0.145. The summed E-state index contributed by atoms with van der Waals surface area (Å²) in [6.07, 6.45) is 1.67. The van der Waals surface area contributed by atoms with E-state index in [2.05, 4.69) is 4.74 Å². The Morgan fingerprint density at radius 1 is 1.38 bits per heavy atom. The molecule has 0 saturated carbocycles. The molecule has 110 valence electrons. The normalized spacial score (nSPS) is 10.7. The summed E-state index contributed by atoms with van der Waals surface area (Å²) in [4.78, 5) is 24.6. The number of carbonyl (C=O) groups excluding carboxylic acids is 2. The SMILES string of the molecule is COC(=O)CN(CC#N)C(=O)C(C)=Cc1ccc(Cl)cc1. The smallest absolute Gasteiger partial charge is 0.325 e. The van der Waals surface area contributed by atoms with Gasteiger partial charge in [-0.25, -0.2) is 0 Å². The lowest BCUT2D eigenvalue weighted by Gasteiger charge is -2.18. The first-order valence-corrected chi connectivity index (χ1v) is 6.52. The Kier molecular flexibility index (Phi) is 6.44. The maximum atomic E-state index is 12.2. The van der Waals surface area contributed by atoms with Gasteiger partial charge in [0.1, 0.15) is 13.1 Å². The molecule has 0 fully saturated rings. The zero-order chi connectivity index (χ0) is 15.8. The van der Waals surface area contributed by atoms with E-state index in [1.807, 2.05) is 6.07 Å². The molecule has 6 heteroatoms. The van der Waals surface area contributed by atoms with E-state index < -0.39 is 11.9 Å². The van der Waals surface area contributed by atoms with Gasteiger partial charge in [-0.3, -0.25) is 9.59 Å². The van der Waals surface area contributed by atoms with Crippen molar-refractivity contribution < 1.29 is 14.3 Å². The Hall–Kier alpha value is -2.32. The maximum absolute atomic E-state index is 12.2. The summed E-state index contributed by atoms with van der Waals surface area (Å²) in [5, 5.41) is 9.35. The van der Waals surface area contributed by atoms with Crippen molar-refractivity contribution in [2.45, 2.75) is 6.92 Å². The number of benzene rings is 1. The first-order valence-electron chi connectivity index (χ1n) is 6.15. The van der Waals surface area contributed by atoms with Crippen LogP contribution in [0.15, 0.2) is 29.8 Å². The second kappa shape index (κ2) is 8.08. The van der Waals surface area contributed by atoms with E-state index in [4.69, 9.17) is 16.9 Å². The van der Waals surface area contributed by atoms with Crippen LogP contribution in [-0.4, -0.2) is 37.0 Å². The number of carbonyl (C=O) groups is 2. The van der Waals surface area contributed by atoms with Crippen molar-refractivity contribution in [3.63, 3.8) is 0 Å². The number of methoxy groups -OCH3 is 1. The van der Waals surface area contributed by atoms with Gasteiger partial charge in [0.05, 0.1) is 13.2 Å². The Morgan fingerprint density at radius 2 is 2.00 bits per heavy atom. The summed E-state index contributed by atoms with van der Waals surface area (Å²) in [6, 6.07) is 8.83. The van der Waals surface area contributed by atoms with Crippen molar-refractivity contribution in [2.24, 2.45) is 0 Å². The predicted molar refractivity (Wildman–Crippen MR) is 79.3 cm³/mol. The molecule has 0 N–H and O–H groups in total. The minimum Gasteiger partial charge on any atom is -0.468 e. The summed E-state index contributed by atoms with van der Waals surface area (Å²) >= 11 is 5.79. The molecule has 0 radical (unpaired) electrons. The molecular weight excluding hydrogens is 292 g/mol. The van der Waals surface area contributed by atoms with Gasteiger partial charge in [-0.2, -0.15) is 5.26 Å². The number of rotatable bonds is 5. The number of ether oxygens (including phenoxy) is 1. The fourth-order valence-corrected chi connectivity index (χ4v) is 1.75. The summed E-state index contributed by atoms with van der Waals surface area (Å²) in [6.45, 7) is 1.19.